The van der Waals surface area contributed by atoms with E-state index in [0.29, 0.717) is 13.1 Å². The first-order chi connectivity index (χ1) is 8.75. The Kier molecular flexibility index (Phi) is 4.50. The number of aromatic nitrogens is 2. The smallest absolute Gasteiger partial charge is 0.223 e. The van der Waals surface area contributed by atoms with Crippen LogP contribution in [0.25, 0.3) is 0 Å². The molecular formula is C13H20N4O. The lowest BCUT2D eigenvalue weighted by Gasteiger charge is -2.10. The van der Waals surface area contributed by atoms with Gasteiger partial charge in [-0.15, -0.1) is 5.10 Å². The highest BCUT2D eigenvalue weighted by Gasteiger charge is 2.21. The lowest BCUT2D eigenvalue weighted by atomic mass is 10.1. The van der Waals surface area contributed by atoms with Crippen molar-refractivity contribution in [2.75, 3.05) is 18.4 Å². The molecular weight excluding hydrogens is 228 g/mol. The molecule has 0 atom stereocenters. The SMILES string of the molecule is Cc1ccc(NCCNC(=O)C2CCCC2)nn1. The van der Waals surface area contributed by atoms with Crippen LogP contribution in [-0.4, -0.2) is 29.2 Å². The molecule has 98 valence electrons. The molecule has 0 bridgehead atoms. The molecule has 1 aromatic rings. The van der Waals surface area contributed by atoms with Crippen molar-refractivity contribution in [2.45, 2.75) is 32.6 Å². The van der Waals surface area contributed by atoms with E-state index in [0.717, 1.165) is 24.4 Å². The molecule has 5 heteroatoms. The summed E-state index contributed by atoms with van der Waals surface area (Å²) in [5.74, 6) is 1.18. The van der Waals surface area contributed by atoms with Gasteiger partial charge in [0.1, 0.15) is 5.82 Å². The fourth-order valence-corrected chi connectivity index (χ4v) is 2.20. The molecule has 0 aliphatic heterocycles. The Bertz CT molecular complexity index is 384. The monoisotopic (exact) mass is 248 g/mol. The highest BCUT2D eigenvalue weighted by molar-refractivity contribution is 5.78. The van der Waals surface area contributed by atoms with Crippen LogP contribution in [0.4, 0.5) is 5.82 Å². The van der Waals surface area contributed by atoms with Gasteiger partial charge in [-0.1, -0.05) is 12.8 Å². The Hall–Kier alpha value is -1.65. The summed E-state index contributed by atoms with van der Waals surface area (Å²) in [6, 6.07) is 3.80. The van der Waals surface area contributed by atoms with Gasteiger partial charge in [-0.2, -0.15) is 5.10 Å². The van der Waals surface area contributed by atoms with E-state index in [1.165, 1.54) is 12.8 Å². The molecule has 1 aliphatic carbocycles. The number of hydrogen-bond donors (Lipinski definition) is 2. The van der Waals surface area contributed by atoms with Crippen LogP contribution < -0.4 is 10.6 Å². The molecule has 0 aromatic carbocycles. The second-order valence-electron chi connectivity index (χ2n) is 4.76. The molecule has 2 N–H and O–H groups in total. The van der Waals surface area contributed by atoms with Gasteiger partial charge in [0.2, 0.25) is 5.91 Å². The third-order valence-electron chi connectivity index (χ3n) is 3.25. The van der Waals surface area contributed by atoms with Crippen molar-refractivity contribution in [3.05, 3.63) is 17.8 Å². The average Bonchev–Trinajstić information content (AvgIpc) is 2.90. The molecule has 0 spiro atoms. The van der Waals surface area contributed by atoms with E-state index >= 15 is 0 Å². The summed E-state index contributed by atoms with van der Waals surface area (Å²) in [5.41, 5.74) is 0.898. The zero-order valence-electron chi connectivity index (χ0n) is 10.8. The van der Waals surface area contributed by atoms with Crippen molar-refractivity contribution < 1.29 is 4.79 Å². The van der Waals surface area contributed by atoms with E-state index in [1.807, 2.05) is 19.1 Å². The summed E-state index contributed by atoms with van der Waals surface area (Å²) in [5, 5.41) is 14.0. The van der Waals surface area contributed by atoms with Crippen LogP contribution in [0.2, 0.25) is 0 Å². The summed E-state index contributed by atoms with van der Waals surface area (Å²) in [7, 11) is 0. The van der Waals surface area contributed by atoms with Crippen molar-refractivity contribution in [1.82, 2.24) is 15.5 Å². The maximum atomic E-state index is 11.7. The highest BCUT2D eigenvalue weighted by Crippen LogP contribution is 2.24. The average molecular weight is 248 g/mol. The van der Waals surface area contributed by atoms with E-state index in [2.05, 4.69) is 20.8 Å². The number of nitrogens with one attached hydrogen (secondary N) is 2. The van der Waals surface area contributed by atoms with Gasteiger partial charge < -0.3 is 10.6 Å². The van der Waals surface area contributed by atoms with Crippen LogP contribution >= 0.6 is 0 Å². The second kappa shape index (κ2) is 6.33. The van der Waals surface area contributed by atoms with Crippen molar-refractivity contribution in [2.24, 2.45) is 5.92 Å². The number of amides is 1. The number of rotatable bonds is 5. The van der Waals surface area contributed by atoms with Crippen molar-refractivity contribution >= 4 is 11.7 Å². The number of anilines is 1. The largest absolute Gasteiger partial charge is 0.367 e. The predicted octanol–water partition coefficient (Wildman–Crippen LogP) is 1.50. The predicted molar refractivity (Wildman–Crippen MR) is 70.2 cm³/mol. The van der Waals surface area contributed by atoms with Crippen molar-refractivity contribution in [3.8, 4) is 0 Å². The third-order valence-corrected chi connectivity index (χ3v) is 3.25. The Labute approximate surface area is 107 Å². The number of nitrogens with zero attached hydrogens (tertiary/aromatic N) is 2. The number of carbonyl (C=O) groups excluding carboxylic acids is 1. The van der Waals surface area contributed by atoms with Gasteiger partial charge in [-0.25, -0.2) is 0 Å². The minimum atomic E-state index is 0.198. The molecule has 18 heavy (non-hydrogen) atoms. The Balaban J connectivity index is 1.63. The Morgan fingerprint density at radius 3 is 2.72 bits per heavy atom. The molecule has 1 amide bonds. The van der Waals surface area contributed by atoms with Gasteiger partial charge in [0.15, 0.2) is 0 Å². The standard InChI is InChI=1S/C13H20N4O/c1-10-6-7-12(17-16-10)14-8-9-15-13(18)11-4-2-3-5-11/h6-7,11H,2-5,8-9H2,1H3,(H,14,17)(H,15,18). The molecule has 1 saturated carbocycles. The normalized spacial score (nSPS) is 15.6. The molecule has 1 aliphatic rings. The number of hydrogen-bond acceptors (Lipinski definition) is 4. The van der Waals surface area contributed by atoms with E-state index < -0.39 is 0 Å². The molecule has 1 aromatic heterocycles. The highest BCUT2D eigenvalue weighted by atomic mass is 16.1. The summed E-state index contributed by atoms with van der Waals surface area (Å²) in [6.45, 7) is 3.21. The fourth-order valence-electron chi connectivity index (χ4n) is 2.20. The van der Waals surface area contributed by atoms with Crippen LogP contribution in [0.1, 0.15) is 31.4 Å². The van der Waals surface area contributed by atoms with E-state index in [-0.39, 0.29) is 11.8 Å². The van der Waals surface area contributed by atoms with Gasteiger partial charge in [-0.05, 0) is 31.9 Å². The third kappa shape index (κ3) is 3.68. The topological polar surface area (TPSA) is 66.9 Å². The molecule has 0 radical (unpaired) electrons. The quantitative estimate of drug-likeness (QED) is 0.775. The van der Waals surface area contributed by atoms with Gasteiger partial charge in [0.05, 0.1) is 5.69 Å². The number of aryl methyl sites for hydroxylation is 1. The molecule has 5 nitrogen and oxygen atoms in total. The van der Waals surface area contributed by atoms with Crippen molar-refractivity contribution in [1.29, 1.82) is 0 Å². The minimum absolute atomic E-state index is 0.198. The number of carbonyl (C=O) groups is 1. The van der Waals surface area contributed by atoms with Crippen LogP contribution in [0.3, 0.4) is 0 Å². The van der Waals surface area contributed by atoms with Crippen LogP contribution in [0.15, 0.2) is 12.1 Å². The summed E-state index contributed by atoms with van der Waals surface area (Å²) in [4.78, 5) is 11.7. The van der Waals surface area contributed by atoms with Crippen LogP contribution in [-0.2, 0) is 4.79 Å². The first kappa shape index (κ1) is 12.8. The molecule has 0 unspecified atom stereocenters. The lowest BCUT2D eigenvalue weighted by molar-refractivity contribution is -0.124. The summed E-state index contributed by atoms with van der Waals surface area (Å²) < 4.78 is 0. The Morgan fingerprint density at radius 2 is 2.06 bits per heavy atom. The maximum absolute atomic E-state index is 11.7. The molecule has 1 heterocycles. The first-order valence-corrected chi connectivity index (χ1v) is 6.57. The minimum Gasteiger partial charge on any atom is -0.367 e. The van der Waals surface area contributed by atoms with Gasteiger partial charge in [0.25, 0.3) is 0 Å². The van der Waals surface area contributed by atoms with Crippen LogP contribution in [0.5, 0.6) is 0 Å². The molecule has 1 fully saturated rings. The zero-order chi connectivity index (χ0) is 12.8. The maximum Gasteiger partial charge on any atom is 0.223 e. The van der Waals surface area contributed by atoms with Gasteiger partial charge in [-0.3, -0.25) is 4.79 Å². The van der Waals surface area contributed by atoms with Gasteiger partial charge in [0, 0.05) is 19.0 Å². The molecule has 2 rings (SSSR count). The Morgan fingerprint density at radius 1 is 1.28 bits per heavy atom. The lowest BCUT2D eigenvalue weighted by Crippen LogP contribution is -2.33. The van der Waals surface area contributed by atoms with Crippen LogP contribution in [0, 0.1) is 12.8 Å². The van der Waals surface area contributed by atoms with E-state index in [4.69, 9.17) is 0 Å². The summed E-state index contributed by atoms with van der Waals surface area (Å²) >= 11 is 0. The van der Waals surface area contributed by atoms with E-state index in [9.17, 15) is 4.79 Å². The summed E-state index contributed by atoms with van der Waals surface area (Å²) in [6.07, 6.45) is 4.47. The zero-order valence-corrected chi connectivity index (χ0v) is 10.8. The fraction of sp³-hybridized carbons (Fsp3) is 0.615. The second-order valence-corrected chi connectivity index (χ2v) is 4.76. The molecule has 0 saturated heterocycles. The first-order valence-electron chi connectivity index (χ1n) is 6.57. The van der Waals surface area contributed by atoms with E-state index in [1.54, 1.807) is 0 Å². The van der Waals surface area contributed by atoms with Crippen molar-refractivity contribution in [3.63, 3.8) is 0 Å². The van der Waals surface area contributed by atoms with Gasteiger partial charge >= 0.3 is 0 Å².